The molecule has 1 aliphatic carbocycles. The van der Waals surface area contributed by atoms with Crippen LogP contribution in [0.3, 0.4) is 0 Å². The van der Waals surface area contributed by atoms with Crippen molar-refractivity contribution in [2.75, 3.05) is 42.5 Å². The molecular formula is C19H22N6O2S. The molecule has 8 nitrogen and oxygen atoms in total. The molecule has 1 saturated heterocycles. The minimum absolute atomic E-state index is 0.197. The molecule has 0 radical (unpaired) electrons. The lowest BCUT2D eigenvalue weighted by molar-refractivity contribution is 0.577. The van der Waals surface area contributed by atoms with Crippen molar-refractivity contribution in [2.45, 2.75) is 17.7 Å². The van der Waals surface area contributed by atoms with Gasteiger partial charge in [-0.25, -0.2) is 23.1 Å². The van der Waals surface area contributed by atoms with Crippen LogP contribution in [0.1, 0.15) is 18.4 Å². The van der Waals surface area contributed by atoms with E-state index in [4.69, 9.17) is 0 Å². The normalized spacial score (nSPS) is 17.4. The highest BCUT2D eigenvalue weighted by Gasteiger charge is 2.25. The van der Waals surface area contributed by atoms with E-state index in [-0.39, 0.29) is 4.90 Å². The first-order valence-corrected chi connectivity index (χ1v) is 10.9. The SMILES string of the molecule is N#Cc1cccnc1N1CCN(c2ccc(S(=O)(=O)NCC3CC3)cn2)CC1. The van der Waals surface area contributed by atoms with Crippen LogP contribution in [-0.4, -0.2) is 51.1 Å². The molecule has 2 aliphatic rings. The van der Waals surface area contributed by atoms with Gasteiger partial charge in [0.2, 0.25) is 10.0 Å². The van der Waals surface area contributed by atoms with Gasteiger partial charge in [-0.2, -0.15) is 5.26 Å². The summed E-state index contributed by atoms with van der Waals surface area (Å²) in [5.74, 6) is 1.95. The van der Waals surface area contributed by atoms with Crippen molar-refractivity contribution < 1.29 is 8.42 Å². The summed E-state index contributed by atoms with van der Waals surface area (Å²) in [4.78, 5) is 13.1. The third kappa shape index (κ3) is 4.08. The second kappa shape index (κ2) is 7.73. The van der Waals surface area contributed by atoms with Gasteiger partial charge in [0.05, 0.1) is 5.56 Å². The average molecular weight is 398 g/mol. The maximum absolute atomic E-state index is 12.3. The van der Waals surface area contributed by atoms with E-state index in [0.29, 0.717) is 23.8 Å². The van der Waals surface area contributed by atoms with Gasteiger partial charge in [0.1, 0.15) is 22.6 Å². The fourth-order valence-corrected chi connectivity index (χ4v) is 4.30. The molecule has 0 aromatic carbocycles. The molecule has 2 aromatic heterocycles. The number of nitriles is 1. The van der Waals surface area contributed by atoms with Crippen LogP contribution >= 0.6 is 0 Å². The van der Waals surface area contributed by atoms with E-state index < -0.39 is 10.0 Å². The van der Waals surface area contributed by atoms with Gasteiger partial charge in [-0.05, 0) is 43.0 Å². The van der Waals surface area contributed by atoms with Crippen molar-refractivity contribution in [3.8, 4) is 6.07 Å². The van der Waals surface area contributed by atoms with Crippen LogP contribution < -0.4 is 14.5 Å². The van der Waals surface area contributed by atoms with E-state index in [1.165, 1.54) is 6.20 Å². The predicted molar refractivity (Wildman–Crippen MR) is 106 cm³/mol. The maximum atomic E-state index is 12.3. The van der Waals surface area contributed by atoms with E-state index in [1.54, 1.807) is 30.5 Å². The minimum Gasteiger partial charge on any atom is -0.353 e. The molecule has 0 bridgehead atoms. The van der Waals surface area contributed by atoms with Crippen LogP contribution in [0.5, 0.6) is 0 Å². The first kappa shape index (κ1) is 18.7. The monoisotopic (exact) mass is 398 g/mol. The van der Waals surface area contributed by atoms with Crippen LogP contribution in [-0.2, 0) is 10.0 Å². The molecule has 0 amide bonds. The highest BCUT2D eigenvalue weighted by Crippen LogP contribution is 2.28. The topological polar surface area (TPSA) is 102 Å². The zero-order chi connectivity index (χ0) is 19.6. The third-order valence-corrected chi connectivity index (χ3v) is 6.51. The van der Waals surface area contributed by atoms with E-state index in [9.17, 15) is 13.7 Å². The largest absolute Gasteiger partial charge is 0.353 e. The molecule has 0 unspecified atom stereocenters. The van der Waals surface area contributed by atoms with Gasteiger partial charge in [-0.15, -0.1) is 0 Å². The molecule has 2 fully saturated rings. The molecule has 1 saturated carbocycles. The van der Waals surface area contributed by atoms with E-state index in [0.717, 1.165) is 44.8 Å². The highest BCUT2D eigenvalue weighted by molar-refractivity contribution is 7.89. The molecule has 9 heteroatoms. The Morgan fingerprint density at radius 2 is 1.86 bits per heavy atom. The first-order chi connectivity index (χ1) is 13.6. The molecule has 3 heterocycles. The summed E-state index contributed by atoms with van der Waals surface area (Å²) < 4.78 is 27.3. The van der Waals surface area contributed by atoms with E-state index in [2.05, 4.69) is 30.6 Å². The smallest absolute Gasteiger partial charge is 0.242 e. The van der Waals surface area contributed by atoms with Gasteiger partial charge in [-0.3, -0.25) is 0 Å². The lowest BCUT2D eigenvalue weighted by Gasteiger charge is -2.36. The second-order valence-electron chi connectivity index (χ2n) is 7.11. The Balaban J connectivity index is 1.39. The molecule has 0 spiro atoms. The highest BCUT2D eigenvalue weighted by atomic mass is 32.2. The Kier molecular flexibility index (Phi) is 5.15. The van der Waals surface area contributed by atoms with E-state index in [1.807, 2.05) is 0 Å². The summed E-state index contributed by atoms with van der Waals surface area (Å²) in [5.41, 5.74) is 0.572. The van der Waals surface area contributed by atoms with Gasteiger partial charge in [-0.1, -0.05) is 0 Å². The molecule has 146 valence electrons. The van der Waals surface area contributed by atoms with Crippen molar-refractivity contribution in [1.29, 1.82) is 5.26 Å². The van der Waals surface area contributed by atoms with Gasteiger partial charge in [0.25, 0.3) is 0 Å². The zero-order valence-electron chi connectivity index (χ0n) is 15.5. The number of hydrogen-bond donors (Lipinski definition) is 1. The summed E-state index contributed by atoms with van der Waals surface area (Å²) in [6.45, 7) is 3.39. The fourth-order valence-electron chi connectivity index (χ4n) is 3.23. The quantitative estimate of drug-likeness (QED) is 0.784. The minimum atomic E-state index is -3.49. The summed E-state index contributed by atoms with van der Waals surface area (Å²) in [7, 11) is -3.49. The first-order valence-electron chi connectivity index (χ1n) is 9.37. The summed E-state index contributed by atoms with van der Waals surface area (Å²) >= 11 is 0. The Labute approximate surface area is 164 Å². The molecule has 1 aliphatic heterocycles. The van der Waals surface area contributed by atoms with Crippen molar-refractivity contribution >= 4 is 21.7 Å². The molecule has 2 aromatic rings. The van der Waals surface area contributed by atoms with Crippen molar-refractivity contribution in [3.05, 3.63) is 42.2 Å². The van der Waals surface area contributed by atoms with Gasteiger partial charge in [0.15, 0.2) is 0 Å². The van der Waals surface area contributed by atoms with Crippen LogP contribution in [0.4, 0.5) is 11.6 Å². The Morgan fingerprint density at radius 3 is 2.50 bits per heavy atom. The van der Waals surface area contributed by atoms with Crippen molar-refractivity contribution in [2.24, 2.45) is 5.92 Å². The number of nitrogens with zero attached hydrogens (tertiary/aromatic N) is 5. The van der Waals surface area contributed by atoms with Gasteiger partial charge in [0, 0.05) is 45.1 Å². The van der Waals surface area contributed by atoms with Gasteiger partial charge >= 0.3 is 0 Å². The third-order valence-electron chi connectivity index (χ3n) is 5.10. The number of piperazine rings is 1. The maximum Gasteiger partial charge on any atom is 0.242 e. The number of sulfonamides is 1. The van der Waals surface area contributed by atoms with Crippen LogP contribution in [0, 0.1) is 17.2 Å². The lowest BCUT2D eigenvalue weighted by atomic mass is 10.2. The molecule has 4 rings (SSSR count). The summed E-state index contributed by atoms with van der Waals surface area (Å²) in [5, 5.41) is 9.25. The number of anilines is 2. The lowest BCUT2D eigenvalue weighted by Crippen LogP contribution is -2.47. The van der Waals surface area contributed by atoms with Gasteiger partial charge < -0.3 is 9.80 Å². The molecule has 1 N–H and O–H groups in total. The molecule has 28 heavy (non-hydrogen) atoms. The van der Waals surface area contributed by atoms with Crippen LogP contribution in [0.25, 0.3) is 0 Å². The molecule has 0 atom stereocenters. The standard InChI is InChI=1S/C19H22N6O2S/c20-12-16-2-1-7-21-19(16)25-10-8-24(9-11-25)18-6-5-17(14-22-18)28(26,27)23-13-15-3-4-15/h1-2,5-7,14-15,23H,3-4,8-11,13H2. The summed E-state index contributed by atoms with van der Waals surface area (Å²) in [6, 6.07) is 9.08. The second-order valence-corrected chi connectivity index (χ2v) is 8.87. The number of aromatic nitrogens is 2. The number of hydrogen-bond acceptors (Lipinski definition) is 7. The average Bonchev–Trinajstić information content (AvgIpc) is 3.57. The van der Waals surface area contributed by atoms with Crippen LogP contribution in [0.15, 0.2) is 41.6 Å². The summed E-state index contributed by atoms with van der Waals surface area (Å²) in [6.07, 6.45) is 5.31. The number of nitrogens with one attached hydrogen (secondary N) is 1. The Hall–Kier alpha value is -2.70. The predicted octanol–water partition coefficient (Wildman–Crippen LogP) is 1.36. The zero-order valence-corrected chi connectivity index (χ0v) is 16.3. The van der Waals surface area contributed by atoms with Crippen LogP contribution in [0.2, 0.25) is 0 Å². The van der Waals surface area contributed by atoms with Crippen molar-refractivity contribution in [1.82, 2.24) is 14.7 Å². The van der Waals surface area contributed by atoms with E-state index >= 15 is 0 Å². The number of rotatable bonds is 6. The molecular weight excluding hydrogens is 376 g/mol. The Morgan fingerprint density at radius 1 is 1.11 bits per heavy atom. The Bertz CT molecular complexity index is 974. The van der Waals surface area contributed by atoms with Crippen molar-refractivity contribution in [3.63, 3.8) is 0 Å². The number of pyridine rings is 2. The fraction of sp³-hybridized carbons (Fsp3) is 0.421.